The Labute approximate surface area is 138 Å². The number of hydrogen-bond donors (Lipinski definition) is 4. The summed E-state index contributed by atoms with van der Waals surface area (Å²) in [6.45, 7) is 0. The molecule has 0 aliphatic carbocycles. The summed E-state index contributed by atoms with van der Waals surface area (Å²) in [5, 5.41) is 2.78. The van der Waals surface area contributed by atoms with Crippen LogP contribution in [0.25, 0.3) is 0 Å². The molecule has 1 saturated heterocycles. The van der Waals surface area contributed by atoms with Crippen LogP contribution in [0.5, 0.6) is 0 Å². The lowest BCUT2D eigenvalue weighted by Crippen LogP contribution is -2.39. The van der Waals surface area contributed by atoms with E-state index in [1.165, 1.54) is 12.1 Å². The molecule has 1 aliphatic heterocycles. The average Bonchev–Trinajstić information content (AvgIpc) is 3.06. The van der Waals surface area contributed by atoms with Gasteiger partial charge in [0.05, 0.1) is 0 Å². The molecular weight excluding hydrogens is 311 g/mol. The summed E-state index contributed by atoms with van der Waals surface area (Å²) >= 11 is 0. The number of hydrogen-bond acceptors (Lipinski definition) is 4. The zero-order chi connectivity index (χ0) is 17.1. The van der Waals surface area contributed by atoms with E-state index in [1.807, 2.05) is 0 Å². The second-order valence-electron chi connectivity index (χ2n) is 5.61. The highest BCUT2D eigenvalue weighted by atomic mass is 19.1. The molecule has 3 rings (SSSR count). The first kappa shape index (κ1) is 16.1. The van der Waals surface area contributed by atoms with Crippen molar-refractivity contribution < 1.29 is 14.0 Å². The van der Waals surface area contributed by atoms with Gasteiger partial charge in [0, 0.05) is 17.3 Å². The predicted molar refractivity (Wildman–Crippen MR) is 87.4 cm³/mol. The molecule has 1 aliphatic rings. The summed E-state index contributed by atoms with van der Waals surface area (Å²) in [4.78, 5) is 23.3. The van der Waals surface area contributed by atoms with Gasteiger partial charge in [0.25, 0.3) is 0 Å². The highest BCUT2D eigenvalue weighted by Gasteiger charge is 2.30. The Morgan fingerprint density at radius 2 is 1.71 bits per heavy atom. The summed E-state index contributed by atoms with van der Waals surface area (Å²) in [5.41, 5.74) is 13.0. The molecule has 7 heteroatoms. The van der Waals surface area contributed by atoms with Crippen molar-refractivity contribution in [3.63, 3.8) is 0 Å². The van der Waals surface area contributed by atoms with Gasteiger partial charge < -0.3 is 11.1 Å². The van der Waals surface area contributed by atoms with E-state index in [2.05, 4.69) is 16.2 Å². The molecule has 2 unspecified atom stereocenters. The van der Waals surface area contributed by atoms with Crippen LogP contribution < -0.4 is 21.9 Å². The van der Waals surface area contributed by atoms with E-state index in [9.17, 15) is 14.0 Å². The van der Waals surface area contributed by atoms with Crippen LogP contribution >= 0.6 is 0 Å². The Morgan fingerprint density at radius 1 is 1.04 bits per heavy atom. The number of halogens is 1. The first-order chi connectivity index (χ1) is 11.5. The van der Waals surface area contributed by atoms with Crippen molar-refractivity contribution in [2.45, 2.75) is 18.5 Å². The maximum Gasteiger partial charge on any atom is 0.248 e. The number of amides is 2. The molecule has 5 N–H and O–H groups in total. The quantitative estimate of drug-likeness (QED) is 0.683. The minimum atomic E-state index is -0.517. The zero-order valence-corrected chi connectivity index (χ0v) is 12.8. The number of rotatable bonds is 4. The number of nitrogens with two attached hydrogens (primary N) is 1. The summed E-state index contributed by atoms with van der Waals surface area (Å²) in [7, 11) is 0. The van der Waals surface area contributed by atoms with E-state index in [0.29, 0.717) is 17.7 Å². The molecule has 2 aromatic rings. The summed E-state index contributed by atoms with van der Waals surface area (Å²) in [6, 6.07) is 12.0. The van der Waals surface area contributed by atoms with Gasteiger partial charge in [-0.15, -0.1) is 0 Å². The number of benzene rings is 2. The first-order valence-electron chi connectivity index (χ1n) is 7.50. The Balaban J connectivity index is 1.60. The van der Waals surface area contributed by atoms with Gasteiger partial charge in [0.15, 0.2) is 0 Å². The zero-order valence-electron chi connectivity index (χ0n) is 12.8. The van der Waals surface area contributed by atoms with Crippen molar-refractivity contribution in [2.24, 2.45) is 5.73 Å². The van der Waals surface area contributed by atoms with Gasteiger partial charge in [-0.1, -0.05) is 12.1 Å². The highest BCUT2D eigenvalue weighted by molar-refractivity contribution is 5.96. The van der Waals surface area contributed by atoms with Gasteiger partial charge in [-0.2, -0.15) is 0 Å². The third kappa shape index (κ3) is 3.58. The van der Waals surface area contributed by atoms with E-state index in [4.69, 9.17) is 5.73 Å². The fourth-order valence-electron chi connectivity index (χ4n) is 2.59. The van der Waals surface area contributed by atoms with Crippen molar-refractivity contribution in [2.75, 3.05) is 5.32 Å². The molecule has 0 saturated carbocycles. The first-order valence-corrected chi connectivity index (χ1v) is 7.50. The van der Waals surface area contributed by atoms with Crippen LogP contribution in [0.4, 0.5) is 10.1 Å². The van der Waals surface area contributed by atoms with Gasteiger partial charge in [0.1, 0.15) is 11.9 Å². The highest BCUT2D eigenvalue weighted by Crippen LogP contribution is 2.23. The van der Waals surface area contributed by atoms with E-state index >= 15 is 0 Å². The number of carbonyl (C=O) groups excluding carboxylic acids is 2. The molecule has 0 bridgehead atoms. The van der Waals surface area contributed by atoms with Crippen molar-refractivity contribution in [3.8, 4) is 0 Å². The van der Waals surface area contributed by atoms with Crippen molar-refractivity contribution >= 4 is 17.5 Å². The van der Waals surface area contributed by atoms with E-state index < -0.39 is 11.9 Å². The van der Waals surface area contributed by atoms with Crippen LogP contribution in [0.15, 0.2) is 48.5 Å². The topological polar surface area (TPSA) is 96.2 Å². The molecule has 2 atom stereocenters. The van der Waals surface area contributed by atoms with Crippen molar-refractivity contribution in [1.82, 2.24) is 10.9 Å². The standard InChI is InChI=1S/C17H17FN4O2/c18-12-5-1-10(2-6-12)14-9-15(22-21-14)17(24)20-13-7-3-11(4-8-13)16(19)23/h1-8,14-15,21-22H,9H2,(H2,19,23)(H,20,24). The maximum atomic E-state index is 13.0. The molecule has 0 spiro atoms. The maximum absolute atomic E-state index is 13.0. The normalized spacial score (nSPS) is 19.9. The van der Waals surface area contributed by atoms with Crippen LogP contribution in [-0.2, 0) is 4.79 Å². The molecular formula is C17H17FN4O2. The minimum absolute atomic E-state index is 0.0708. The second kappa shape index (κ2) is 6.77. The molecule has 2 amide bonds. The Bertz CT molecular complexity index is 746. The smallest absolute Gasteiger partial charge is 0.248 e. The van der Waals surface area contributed by atoms with Crippen LogP contribution in [0.2, 0.25) is 0 Å². The molecule has 0 aromatic heterocycles. The summed E-state index contributed by atoms with van der Waals surface area (Å²) < 4.78 is 13.0. The monoisotopic (exact) mass is 328 g/mol. The summed E-state index contributed by atoms with van der Waals surface area (Å²) in [6.07, 6.45) is 0.539. The Hall–Kier alpha value is -2.77. The number of primary amides is 1. The largest absolute Gasteiger partial charge is 0.366 e. The molecule has 2 aromatic carbocycles. The molecule has 1 heterocycles. The SMILES string of the molecule is NC(=O)c1ccc(NC(=O)C2CC(c3ccc(F)cc3)NN2)cc1. The van der Waals surface area contributed by atoms with Crippen LogP contribution in [0, 0.1) is 5.82 Å². The lowest BCUT2D eigenvalue weighted by atomic mass is 10.0. The van der Waals surface area contributed by atoms with E-state index in [0.717, 1.165) is 5.56 Å². The van der Waals surface area contributed by atoms with Gasteiger partial charge >= 0.3 is 0 Å². The molecule has 0 radical (unpaired) electrons. The number of anilines is 1. The van der Waals surface area contributed by atoms with Crippen molar-refractivity contribution in [1.29, 1.82) is 0 Å². The molecule has 1 fully saturated rings. The number of nitrogens with one attached hydrogen (secondary N) is 3. The third-order valence-electron chi connectivity index (χ3n) is 3.93. The van der Waals surface area contributed by atoms with Crippen molar-refractivity contribution in [3.05, 3.63) is 65.5 Å². The van der Waals surface area contributed by atoms with E-state index in [-0.39, 0.29) is 17.8 Å². The van der Waals surface area contributed by atoms with Crippen LogP contribution in [0.1, 0.15) is 28.4 Å². The lowest BCUT2D eigenvalue weighted by Gasteiger charge is -2.11. The summed E-state index contributed by atoms with van der Waals surface area (Å²) in [5.74, 6) is -1.01. The Morgan fingerprint density at radius 3 is 2.33 bits per heavy atom. The number of hydrazine groups is 1. The van der Waals surface area contributed by atoms with E-state index in [1.54, 1.807) is 36.4 Å². The minimum Gasteiger partial charge on any atom is -0.366 e. The number of carbonyl (C=O) groups is 2. The van der Waals surface area contributed by atoms with Crippen LogP contribution in [0.3, 0.4) is 0 Å². The fraction of sp³-hybridized carbons (Fsp3) is 0.176. The second-order valence-corrected chi connectivity index (χ2v) is 5.61. The van der Waals surface area contributed by atoms with Gasteiger partial charge in [0.2, 0.25) is 11.8 Å². The molecule has 24 heavy (non-hydrogen) atoms. The lowest BCUT2D eigenvalue weighted by molar-refractivity contribution is -0.117. The Kier molecular flexibility index (Phi) is 4.54. The van der Waals surface area contributed by atoms with Gasteiger partial charge in [-0.3, -0.25) is 9.59 Å². The predicted octanol–water partition coefficient (Wildman–Crippen LogP) is 1.47. The van der Waals surface area contributed by atoms with Crippen LogP contribution in [-0.4, -0.2) is 17.9 Å². The fourth-order valence-corrected chi connectivity index (χ4v) is 2.59. The molecule has 124 valence electrons. The average molecular weight is 328 g/mol. The third-order valence-corrected chi connectivity index (χ3v) is 3.93. The molecule has 6 nitrogen and oxygen atoms in total. The van der Waals surface area contributed by atoms with Gasteiger partial charge in [-0.05, 0) is 48.4 Å². The van der Waals surface area contributed by atoms with Gasteiger partial charge in [-0.25, -0.2) is 15.2 Å².